The van der Waals surface area contributed by atoms with Crippen molar-refractivity contribution in [3.8, 4) is 0 Å². The van der Waals surface area contributed by atoms with Crippen LogP contribution in [0.25, 0.3) is 0 Å². The molecule has 1 aliphatic rings. The Labute approximate surface area is 125 Å². The van der Waals surface area contributed by atoms with E-state index in [2.05, 4.69) is 6.07 Å². The molecular formula is C16H18N2O2S. The highest BCUT2D eigenvalue weighted by Gasteiger charge is 2.33. The van der Waals surface area contributed by atoms with E-state index in [0.717, 1.165) is 11.1 Å². The molecule has 5 heteroatoms. The molecule has 0 amide bonds. The Morgan fingerprint density at radius 3 is 2.43 bits per heavy atom. The summed E-state index contributed by atoms with van der Waals surface area (Å²) in [7, 11) is -3.70. The van der Waals surface area contributed by atoms with Gasteiger partial charge in [0.2, 0.25) is 0 Å². The first-order chi connectivity index (χ1) is 10.1. The van der Waals surface area contributed by atoms with Crippen molar-refractivity contribution in [1.82, 2.24) is 4.31 Å². The Balaban J connectivity index is 2.02. The summed E-state index contributed by atoms with van der Waals surface area (Å²) >= 11 is 0. The van der Waals surface area contributed by atoms with Crippen LogP contribution >= 0.6 is 0 Å². The highest BCUT2D eigenvalue weighted by atomic mass is 32.2. The van der Waals surface area contributed by atoms with E-state index in [9.17, 15) is 8.42 Å². The van der Waals surface area contributed by atoms with Gasteiger partial charge in [0.05, 0.1) is 6.04 Å². The molecule has 0 aromatic heterocycles. The average Bonchev–Trinajstić information content (AvgIpc) is 2.47. The van der Waals surface area contributed by atoms with Crippen LogP contribution in [0.2, 0.25) is 0 Å². The number of hydrogen-bond donors (Lipinski definition) is 1. The Morgan fingerprint density at radius 1 is 1.05 bits per heavy atom. The van der Waals surface area contributed by atoms with Gasteiger partial charge in [-0.05, 0) is 29.5 Å². The summed E-state index contributed by atoms with van der Waals surface area (Å²) in [6.45, 7) is 0.438. The molecule has 1 heterocycles. The van der Waals surface area contributed by atoms with Crippen LogP contribution in [0, 0.1) is 0 Å². The van der Waals surface area contributed by atoms with Crippen LogP contribution < -0.4 is 5.14 Å². The molecule has 0 unspecified atom stereocenters. The van der Waals surface area contributed by atoms with Gasteiger partial charge in [-0.3, -0.25) is 0 Å². The first kappa shape index (κ1) is 14.3. The minimum Gasteiger partial charge on any atom is -0.216 e. The molecular weight excluding hydrogens is 284 g/mol. The van der Waals surface area contributed by atoms with Crippen LogP contribution in [0.5, 0.6) is 0 Å². The van der Waals surface area contributed by atoms with E-state index in [1.54, 1.807) is 0 Å². The van der Waals surface area contributed by atoms with E-state index in [-0.39, 0.29) is 6.04 Å². The SMILES string of the molecule is NS(=O)(=O)N1CCc2ccccc2[C@H]1Cc1ccccc1. The fourth-order valence-corrected chi connectivity index (χ4v) is 3.87. The Morgan fingerprint density at radius 2 is 1.71 bits per heavy atom. The van der Waals surface area contributed by atoms with Crippen molar-refractivity contribution in [2.24, 2.45) is 5.14 Å². The molecule has 21 heavy (non-hydrogen) atoms. The van der Waals surface area contributed by atoms with E-state index in [1.165, 1.54) is 9.87 Å². The maximum Gasteiger partial charge on any atom is 0.277 e. The molecule has 0 saturated carbocycles. The molecule has 110 valence electrons. The van der Waals surface area contributed by atoms with E-state index in [0.29, 0.717) is 19.4 Å². The van der Waals surface area contributed by atoms with Crippen LogP contribution in [-0.2, 0) is 23.1 Å². The van der Waals surface area contributed by atoms with E-state index >= 15 is 0 Å². The Bertz CT molecular complexity index is 729. The normalized spacial score (nSPS) is 19.2. The zero-order valence-electron chi connectivity index (χ0n) is 11.6. The van der Waals surface area contributed by atoms with Gasteiger partial charge in [-0.2, -0.15) is 12.7 Å². The quantitative estimate of drug-likeness (QED) is 0.943. The van der Waals surface area contributed by atoms with Crippen molar-refractivity contribution in [3.63, 3.8) is 0 Å². The van der Waals surface area contributed by atoms with Gasteiger partial charge < -0.3 is 0 Å². The second-order valence-electron chi connectivity index (χ2n) is 5.31. The lowest BCUT2D eigenvalue weighted by Gasteiger charge is -2.35. The van der Waals surface area contributed by atoms with Crippen molar-refractivity contribution in [1.29, 1.82) is 0 Å². The fraction of sp³-hybridized carbons (Fsp3) is 0.250. The molecule has 0 aliphatic carbocycles. The number of benzene rings is 2. The third-order valence-electron chi connectivity index (χ3n) is 3.96. The first-order valence-corrected chi connectivity index (χ1v) is 8.47. The predicted octanol–water partition coefficient (Wildman–Crippen LogP) is 2.03. The van der Waals surface area contributed by atoms with Gasteiger partial charge >= 0.3 is 0 Å². The summed E-state index contributed by atoms with van der Waals surface area (Å²) in [4.78, 5) is 0. The van der Waals surface area contributed by atoms with Crippen LogP contribution in [-0.4, -0.2) is 19.3 Å². The highest BCUT2D eigenvalue weighted by Crippen LogP contribution is 2.33. The van der Waals surface area contributed by atoms with E-state index < -0.39 is 10.2 Å². The maximum absolute atomic E-state index is 11.9. The fourth-order valence-electron chi connectivity index (χ4n) is 2.98. The van der Waals surface area contributed by atoms with Gasteiger partial charge in [0, 0.05) is 6.54 Å². The number of nitrogens with two attached hydrogens (primary N) is 1. The molecule has 0 bridgehead atoms. The molecule has 2 aromatic rings. The van der Waals surface area contributed by atoms with E-state index in [4.69, 9.17) is 5.14 Å². The molecule has 1 aliphatic heterocycles. The monoisotopic (exact) mass is 302 g/mol. The smallest absolute Gasteiger partial charge is 0.216 e. The molecule has 1 atom stereocenters. The van der Waals surface area contributed by atoms with Crippen molar-refractivity contribution in [2.75, 3.05) is 6.54 Å². The van der Waals surface area contributed by atoms with Gasteiger partial charge in [-0.15, -0.1) is 0 Å². The standard InChI is InChI=1S/C16H18N2O2S/c17-21(19,20)18-11-10-14-8-4-5-9-15(14)16(18)12-13-6-2-1-3-7-13/h1-9,16H,10-12H2,(H2,17,19,20)/t16-/m1/s1. The molecule has 4 nitrogen and oxygen atoms in total. The molecule has 0 spiro atoms. The van der Waals surface area contributed by atoms with Crippen molar-refractivity contribution >= 4 is 10.2 Å². The minimum absolute atomic E-state index is 0.229. The Kier molecular flexibility index (Phi) is 3.80. The lowest BCUT2D eigenvalue weighted by atomic mass is 9.90. The number of hydrogen-bond acceptors (Lipinski definition) is 2. The highest BCUT2D eigenvalue weighted by molar-refractivity contribution is 7.86. The predicted molar refractivity (Wildman–Crippen MR) is 82.8 cm³/mol. The lowest BCUT2D eigenvalue weighted by molar-refractivity contribution is 0.306. The molecule has 3 rings (SSSR count). The summed E-state index contributed by atoms with van der Waals surface area (Å²) in [6.07, 6.45) is 1.34. The van der Waals surface area contributed by atoms with Crippen LogP contribution in [0.15, 0.2) is 54.6 Å². The molecule has 0 radical (unpaired) electrons. The second kappa shape index (κ2) is 5.60. The zero-order valence-corrected chi connectivity index (χ0v) is 12.5. The molecule has 2 N–H and O–H groups in total. The third kappa shape index (κ3) is 3.00. The largest absolute Gasteiger partial charge is 0.277 e. The summed E-state index contributed by atoms with van der Waals surface area (Å²) in [6, 6.07) is 17.7. The van der Waals surface area contributed by atoms with Gasteiger partial charge in [0.15, 0.2) is 0 Å². The summed E-state index contributed by atoms with van der Waals surface area (Å²) in [5.41, 5.74) is 3.37. The second-order valence-corrected chi connectivity index (χ2v) is 6.81. The maximum atomic E-state index is 11.9. The van der Waals surface area contributed by atoms with Gasteiger partial charge in [-0.25, -0.2) is 5.14 Å². The van der Waals surface area contributed by atoms with Crippen molar-refractivity contribution < 1.29 is 8.42 Å². The first-order valence-electron chi connectivity index (χ1n) is 6.97. The average molecular weight is 302 g/mol. The minimum atomic E-state index is -3.70. The van der Waals surface area contributed by atoms with Crippen LogP contribution in [0.4, 0.5) is 0 Å². The Hall–Kier alpha value is -1.69. The molecule has 0 saturated heterocycles. The van der Waals surface area contributed by atoms with Crippen molar-refractivity contribution in [3.05, 3.63) is 71.3 Å². The van der Waals surface area contributed by atoms with E-state index in [1.807, 2.05) is 48.5 Å². The van der Waals surface area contributed by atoms with Gasteiger partial charge in [0.1, 0.15) is 0 Å². The number of fused-ring (bicyclic) bond motifs is 1. The number of nitrogens with zero attached hydrogens (tertiary/aromatic N) is 1. The number of rotatable bonds is 3. The van der Waals surface area contributed by atoms with Crippen LogP contribution in [0.1, 0.15) is 22.7 Å². The molecule has 0 fully saturated rings. The van der Waals surface area contributed by atoms with Gasteiger partial charge in [0.25, 0.3) is 10.2 Å². The van der Waals surface area contributed by atoms with Crippen LogP contribution in [0.3, 0.4) is 0 Å². The zero-order chi connectivity index (χ0) is 14.9. The lowest BCUT2D eigenvalue weighted by Crippen LogP contribution is -2.44. The summed E-state index contributed by atoms with van der Waals surface area (Å²) in [5, 5.41) is 5.41. The molecule has 2 aromatic carbocycles. The third-order valence-corrected chi connectivity index (χ3v) is 5.05. The van der Waals surface area contributed by atoms with Gasteiger partial charge in [-0.1, -0.05) is 54.6 Å². The summed E-state index contributed by atoms with van der Waals surface area (Å²) in [5.74, 6) is 0. The van der Waals surface area contributed by atoms with Crippen molar-refractivity contribution in [2.45, 2.75) is 18.9 Å². The topological polar surface area (TPSA) is 63.4 Å². The summed E-state index contributed by atoms with van der Waals surface area (Å²) < 4.78 is 25.2.